The molecule has 5 nitrogen and oxygen atoms in total. The zero-order valence-corrected chi connectivity index (χ0v) is 19.7. The van der Waals surface area contributed by atoms with Crippen molar-refractivity contribution in [3.05, 3.63) is 64.7 Å². The predicted molar refractivity (Wildman–Crippen MR) is 128 cm³/mol. The molecule has 0 bridgehead atoms. The minimum atomic E-state index is -0.555. The number of halogens is 1. The van der Waals surface area contributed by atoms with E-state index >= 15 is 0 Å². The van der Waals surface area contributed by atoms with Crippen LogP contribution in [0.2, 0.25) is 5.02 Å². The van der Waals surface area contributed by atoms with E-state index in [9.17, 15) is 9.59 Å². The summed E-state index contributed by atoms with van der Waals surface area (Å²) in [4.78, 5) is 27.7. The average molecular weight is 457 g/mol. The molecule has 0 aliphatic heterocycles. The number of nitrogens with zero attached hydrogens (tertiary/aromatic N) is 1. The molecule has 3 rings (SSSR count). The summed E-state index contributed by atoms with van der Waals surface area (Å²) in [5.74, 6) is 0.637. The lowest BCUT2D eigenvalue weighted by Crippen LogP contribution is -2.49. The van der Waals surface area contributed by atoms with Gasteiger partial charge >= 0.3 is 0 Å². The van der Waals surface area contributed by atoms with Gasteiger partial charge in [0.05, 0.1) is 6.61 Å². The highest BCUT2D eigenvalue weighted by molar-refractivity contribution is 6.30. The fraction of sp³-hybridized carbons (Fsp3) is 0.462. The van der Waals surface area contributed by atoms with Gasteiger partial charge in [-0.3, -0.25) is 9.59 Å². The van der Waals surface area contributed by atoms with Gasteiger partial charge in [-0.1, -0.05) is 54.3 Å². The Kier molecular flexibility index (Phi) is 8.98. The number of benzene rings is 2. The van der Waals surface area contributed by atoms with E-state index in [2.05, 4.69) is 5.32 Å². The number of hydrogen-bond donors (Lipinski definition) is 1. The van der Waals surface area contributed by atoms with Crippen molar-refractivity contribution in [2.45, 2.75) is 71.0 Å². The summed E-state index contributed by atoms with van der Waals surface area (Å²) in [6.07, 6.45) is 5.20. The fourth-order valence-electron chi connectivity index (χ4n) is 4.00. The van der Waals surface area contributed by atoms with Gasteiger partial charge in [-0.15, -0.1) is 0 Å². The van der Waals surface area contributed by atoms with Crippen LogP contribution in [0.3, 0.4) is 0 Å². The van der Waals surface area contributed by atoms with E-state index in [1.807, 2.05) is 49.4 Å². The zero-order valence-electron chi connectivity index (χ0n) is 19.0. The lowest BCUT2D eigenvalue weighted by Gasteiger charge is -2.30. The topological polar surface area (TPSA) is 58.6 Å². The molecule has 0 saturated heterocycles. The van der Waals surface area contributed by atoms with Crippen molar-refractivity contribution < 1.29 is 14.3 Å². The molecule has 32 heavy (non-hydrogen) atoms. The SMILES string of the molecule is Cc1ccc(OCCCC(=O)N(Cc2cccc(Cl)c2)[C@@H](C)C(=O)NC2CCCC2)cc1. The second-order valence-corrected chi connectivity index (χ2v) is 9.02. The van der Waals surface area contributed by atoms with Crippen molar-refractivity contribution in [3.63, 3.8) is 0 Å². The van der Waals surface area contributed by atoms with Crippen LogP contribution in [0, 0.1) is 6.92 Å². The summed E-state index contributed by atoms with van der Waals surface area (Å²) in [5, 5.41) is 3.74. The number of nitrogens with one attached hydrogen (secondary N) is 1. The standard InChI is InChI=1S/C26H33ClN2O3/c1-19-12-14-24(15-13-19)32-16-6-11-25(30)29(18-21-7-5-8-22(27)17-21)20(2)26(31)28-23-9-3-4-10-23/h5,7-8,12-15,17,20,23H,3-4,6,9-11,16,18H2,1-2H3,(H,28,31)/t20-/m0/s1. The quantitative estimate of drug-likeness (QED) is 0.494. The second-order valence-electron chi connectivity index (χ2n) is 8.58. The molecule has 1 fully saturated rings. The van der Waals surface area contributed by atoms with E-state index in [1.165, 1.54) is 5.56 Å². The van der Waals surface area contributed by atoms with Crippen LogP contribution in [0.5, 0.6) is 5.75 Å². The summed E-state index contributed by atoms with van der Waals surface area (Å²) in [6.45, 7) is 4.62. The van der Waals surface area contributed by atoms with E-state index < -0.39 is 6.04 Å². The van der Waals surface area contributed by atoms with E-state index in [0.29, 0.717) is 31.0 Å². The highest BCUT2D eigenvalue weighted by atomic mass is 35.5. The van der Waals surface area contributed by atoms with Crippen LogP contribution in [0.25, 0.3) is 0 Å². The Hall–Kier alpha value is -2.53. The van der Waals surface area contributed by atoms with Crippen LogP contribution in [0.4, 0.5) is 0 Å². The summed E-state index contributed by atoms with van der Waals surface area (Å²) < 4.78 is 5.75. The van der Waals surface area contributed by atoms with Crippen molar-refractivity contribution in [2.75, 3.05) is 6.61 Å². The van der Waals surface area contributed by atoms with Crippen LogP contribution >= 0.6 is 11.6 Å². The van der Waals surface area contributed by atoms with Gasteiger partial charge in [-0.2, -0.15) is 0 Å². The van der Waals surface area contributed by atoms with Crippen LogP contribution in [-0.4, -0.2) is 35.4 Å². The first-order valence-corrected chi connectivity index (χ1v) is 11.8. The van der Waals surface area contributed by atoms with Crippen molar-refractivity contribution >= 4 is 23.4 Å². The third-order valence-corrected chi connectivity index (χ3v) is 6.17. The highest BCUT2D eigenvalue weighted by Gasteiger charge is 2.28. The molecular formula is C26H33ClN2O3. The first-order chi connectivity index (χ1) is 15.4. The molecule has 1 atom stereocenters. The number of hydrogen-bond acceptors (Lipinski definition) is 3. The minimum absolute atomic E-state index is 0.0634. The Morgan fingerprint density at radius 1 is 1.16 bits per heavy atom. The van der Waals surface area contributed by atoms with E-state index in [0.717, 1.165) is 37.0 Å². The largest absolute Gasteiger partial charge is 0.494 e. The molecule has 172 valence electrons. The molecule has 1 N–H and O–H groups in total. The van der Waals surface area contributed by atoms with Crippen molar-refractivity contribution in [1.29, 1.82) is 0 Å². The van der Waals surface area contributed by atoms with Gasteiger partial charge in [0.2, 0.25) is 11.8 Å². The van der Waals surface area contributed by atoms with Gasteiger partial charge in [0.15, 0.2) is 0 Å². The van der Waals surface area contributed by atoms with Gasteiger partial charge in [0, 0.05) is 24.0 Å². The van der Waals surface area contributed by atoms with Crippen molar-refractivity contribution in [1.82, 2.24) is 10.2 Å². The van der Waals surface area contributed by atoms with E-state index in [4.69, 9.17) is 16.3 Å². The Balaban J connectivity index is 1.59. The lowest BCUT2D eigenvalue weighted by molar-refractivity contribution is -0.141. The summed E-state index contributed by atoms with van der Waals surface area (Å²) in [7, 11) is 0. The zero-order chi connectivity index (χ0) is 22.9. The molecule has 0 radical (unpaired) electrons. The average Bonchev–Trinajstić information content (AvgIpc) is 3.28. The maximum absolute atomic E-state index is 13.1. The van der Waals surface area contributed by atoms with Gasteiger partial charge in [0.1, 0.15) is 11.8 Å². The van der Waals surface area contributed by atoms with Gasteiger partial charge < -0.3 is 15.0 Å². The lowest BCUT2D eigenvalue weighted by atomic mass is 10.1. The molecule has 1 saturated carbocycles. The molecule has 0 spiro atoms. The highest BCUT2D eigenvalue weighted by Crippen LogP contribution is 2.20. The Labute approximate surface area is 196 Å². The normalized spacial score (nSPS) is 14.7. The molecule has 6 heteroatoms. The third-order valence-electron chi connectivity index (χ3n) is 5.94. The molecule has 2 aromatic carbocycles. The van der Waals surface area contributed by atoms with Crippen LogP contribution in [-0.2, 0) is 16.1 Å². The Bertz CT molecular complexity index is 894. The van der Waals surface area contributed by atoms with Gasteiger partial charge in [0.25, 0.3) is 0 Å². The summed E-state index contributed by atoms with van der Waals surface area (Å²) in [5.41, 5.74) is 2.08. The van der Waals surface area contributed by atoms with Crippen LogP contribution in [0.15, 0.2) is 48.5 Å². The third kappa shape index (κ3) is 7.27. The first-order valence-electron chi connectivity index (χ1n) is 11.5. The summed E-state index contributed by atoms with van der Waals surface area (Å²) >= 11 is 6.13. The summed E-state index contributed by atoms with van der Waals surface area (Å²) in [6, 6.07) is 14.9. The fourth-order valence-corrected chi connectivity index (χ4v) is 4.21. The number of carbonyl (C=O) groups excluding carboxylic acids is 2. The monoisotopic (exact) mass is 456 g/mol. The van der Waals surface area contributed by atoms with Crippen molar-refractivity contribution in [3.8, 4) is 5.75 Å². The number of ether oxygens (including phenoxy) is 1. The molecule has 1 aliphatic rings. The molecule has 0 heterocycles. The number of amides is 2. The first kappa shape index (κ1) is 24.1. The van der Waals surface area contributed by atoms with E-state index in [-0.39, 0.29) is 17.9 Å². The van der Waals surface area contributed by atoms with Gasteiger partial charge in [-0.25, -0.2) is 0 Å². The number of rotatable bonds is 10. The number of aryl methyl sites for hydroxylation is 1. The maximum atomic E-state index is 13.1. The Morgan fingerprint density at radius 2 is 1.88 bits per heavy atom. The number of carbonyl (C=O) groups is 2. The molecule has 2 aromatic rings. The second kappa shape index (κ2) is 11.9. The minimum Gasteiger partial charge on any atom is -0.494 e. The predicted octanol–water partition coefficient (Wildman–Crippen LogP) is 5.28. The molecular weight excluding hydrogens is 424 g/mol. The molecule has 0 aromatic heterocycles. The Morgan fingerprint density at radius 3 is 2.56 bits per heavy atom. The van der Waals surface area contributed by atoms with Crippen LogP contribution < -0.4 is 10.1 Å². The van der Waals surface area contributed by atoms with Gasteiger partial charge in [-0.05, 0) is 62.9 Å². The maximum Gasteiger partial charge on any atom is 0.242 e. The van der Waals surface area contributed by atoms with Crippen LogP contribution in [0.1, 0.15) is 56.6 Å². The van der Waals surface area contributed by atoms with E-state index in [1.54, 1.807) is 17.9 Å². The molecule has 0 unspecified atom stereocenters. The molecule has 2 amide bonds. The smallest absolute Gasteiger partial charge is 0.242 e. The molecule has 1 aliphatic carbocycles. The van der Waals surface area contributed by atoms with Crippen molar-refractivity contribution in [2.24, 2.45) is 0 Å².